The third kappa shape index (κ3) is 6.97. The smallest absolute Gasteiger partial charge is 0.336 e. The van der Waals surface area contributed by atoms with E-state index in [4.69, 9.17) is 10.4 Å². The van der Waals surface area contributed by atoms with Crippen LogP contribution in [0.1, 0.15) is 43.0 Å². The molecule has 2 aromatic heterocycles. The molecule has 10 aromatic rings. The number of carboxylic acids is 2. The molecule has 0 spiro atoms. The molecule has 0 saturated heterocycles. The molecule has 8 aromatic carbocycles. The Labute approximate surface area is 367 Å². The van der Waals surface area contributed by atoms with Gasteiger partial charge < -0.3 is 10.2 Å². The second-order valence-corrected chi connectivity index (χ2v) is 16.2. The zero-order valence-corrected chi connectivity index (χ0v) is 34.5. The number of aromatic carboxylic acids is 2. The van der Waals surface area contributed by atoms with Crippen molar-refractivity contribution in [3.63, 3.8) is 0 Å². The molecule has 7 aliphatic heterocycles. The highest BCUT2D eigenvalue weighted by Crippen LogP contribution is 2.35. The van der Waals surface area contributed by atoms with Gasteiger partial charge in [0.1, 0.15) is 26.2 Å². The Morgan fingerprint density at radius 3 is 1.03 bits per heavy atom. The third-order valence-corrected chi connectivity index (χ3v) is 12.3. The van der Waals surface area contributed by atoms with Gasteiger partial charge in [-0.1, -0.05) is 158 Å². The van der Waals surface area contributed by atoms with Crippen LogP contribution in [-0.4, -0.2) is 41.9 Å². The fourth-order valence-electron chi connectivity index (χ4n) is 9.10. The maximum atomic E-state index is 13.0. The summed E-state index contributed by atoms with van der Waals surface area (Å²) in [5.41, 5.74) is 14.3. The maximum absolute atomic E-state index is 13.0. The number of fused-ring (bicyclic) bond motifs is 2. The first kappa shape index (κ1) is 38.4. The van der Waals surface area contributed by atoms with E-state index in [-0.39, 0.29) is 11.1 Å². The van der Waals surface area contributed by atoms with Crippen molar-refractivity contribution < 1.29 is 29.2 Å². The van der Waals surface area contributed by atoms with Gasteiger partial charge in [0, 0.05) is 0 Å². The molecule has 0 atom stereocenters. The molecule has 64 heavy (non-hydrogen) atoms. The normalized spacial score (nSPS) is 12.4. The number of carboxylic acid groups (broad SMARTS) is 2. The van der Waals surface area contributed by atoms with E-state index in [1.165, 1.54) is 0 Å². The van der Waals surface area contributed by atoms with Gasteiger partial charge in [0.25, 0.3) is 0 Å². The lowest BCUT2D eigenvalue weighted by atomic mass is 9.91. The lowest BCUT2D eigenvalue weighted by Crippen LogP contribution is -2.37. The monoisotopic (exact) mass is 836 g/mol. The van der Waals surface area contributed by atoms with E-state index < -0.39 is 11.9 Å². The highest BCUT2D eigenvalue weighted by molar-refractivity contribution is 6.04. The van der Waals surface area contributed by atoms with Crippen LogP contribution in [0.25, 0.3) is 66.6 Å². The third-order valence-electron chi connectivity index (χ3n) is 12.3. The molecular formula is C54H40N6O4+2. The summed E-state index contributed by atoms with van der Waals surface area (Å²) in [5, 5.41) is 31.3. The van der Waals surface area contributed by atoms with Gasteiger partial charge in [-0.25, -0.2) is 9.59 Å². The minimum Gasteiger partial charge on any atom is -0.478 e. The summed E-state index contributed by atoms with van der Waals surface area (Å²) < 4.78 is 7.94. The molecule has 10 heteroatoms. The van der Waals surface area contributed by atoms with Gasteiger partial charge >= 0.3 is 11.9 Å². The Morgan fingerprint density at radius 2 is 0.703 bits per heavy atom. The Kier molecular flexibility index (Phi) is 9.46. The topological polar surface area (TPSA) is 118 Å². The highest BCUT2D eigenvalue weighted by atomic mass is 16.4. The molecule has 10 nitrogen and oxygen atoms in total. The maximum Gasteiger partial charge on any atom is 0.336 e. The zero-order valence-electron chi connectivity index (χ0n) is 34.5. The minimum absolute atomic E-state index is 0.253. The van der Waals surface area contributed by atoms with E-state index >= 15 is 0 Å². The van der Waals surface area contributed by atoms with Gasteiger partial charge in [-0.15, -0.1) is 18.7 Å². The summed E-state index contributed by atoms with van der Waals surface area (Å²) in [6.07, 6.45) is 0. The number of aromatic nitrogens is 6. The second kappa shape index (κ2) is 15.8. The summed E-state index contributed by atoms with van der Waals surface area (Å²) in [4.78, 5) is 26.0. The van der Waals surface area contributed by atoms with Crippen LogP contribution >= 0.6 is 0 Å². The average Bonchev–Trinajstić information content (AvgIpc) is 3.85. The van der Waals surface area contributed by atoms with Crippen LogP contribution in [0.3, 0.4) is 0 Å². The molecule has 9 heterocycles. The first-order chi connectivity index (χ1) is 31.3. The van der Waals surface area contributed by atoms with Crippen LogP contribution in [0.5, 0.6) is 0 Å². The van der Waals surface area contributed by atoms with Gasteiger partial charge in [0.15, 0.2) is 22.1 Å². The van der Waals surface area contributed by atoms with Gasteiger partial charge in [0.05, 0.1) is 21.6 Å². The summed E-state index contributed by atoms with van der Waals surface area (Å²) in [6.45, 7) is 2.04. The van der Waals surface area contributed by atoms with E-state index in [1.54, 1.807) is 0 Å². The Hall–Kier alpha value is -8.50. The lowest BCUT2D eigenvalue weighted by Gasteiger charge is -2.13. The molecule has 0 fully saturated rings. The van der Waals surface area contributed by atoms with E-state index in [1.807, 2.05) is 176 Å². The van der Waals surface area contributed by atoms with Crippen molar-refractivity contribution in [3.05, 3.63) is 215 Å². The molecule has 17 rings (SSSR count). The van der Waals surface area contributed by atoms with Crippen LogP contribution in [0.15, 0.2) is 182 Å². The van der Waals surface area contributed by atoms with Crippen LogP contribution < -0.4 is 9.36 Å². The SMILES string of the molecule is O=C(O)c1c2cccc1-c1ccc(cc1)Cn1n[n+](c3ccccc31)Cc1ccc(cc1)-c1cccc(c1C(=O)O)-c1ccc(cc1)C[n+]1nn(c3ccccc31)Cc1ccc-2cc1. The predicted molar refractivity (Wildman–Crippen MR) is 245 cm³/mol. The van der Waals surface area contributed by atoms with E-state index in [0.29, 0.717) is 48.4 Å². The van der Waals surface area contributed by atoms with E-state index in [2.05, 4.69) is 24.3 Å². The van der Waals surface area contributed by atoms with Gasteiger partial charge in [0.2, 0.25) is 0 Å². The molecule has 0 aliphatic carbocycles. The number of para-hydroxylation sites is 4. The van der Waals surface area contributed by atoms with Crippen molar-refractivity contribution in [3.8, 4) is 44.5 Å². The first-order valence-electron chi connectivity index (χ1n) is 21.2. The minimum atomic E-state index is -0.987. The molecule has 0 unspecified atom stereocenters. The summed E-state index contributed by atoms with van der Waals surface area (Å²) in [6, 6.07) is 59.7. The Morgan fingerprint density at radius 1 is 0.391 bits per heavy atom. The van der Waals surface area contributed by atoms with Crippen molar-refractivity contribution >= 4 is 34.0 Å². The van der Waals surface area contributed by atoms with Crippen LogP contribution in [0.2, 0.25) is 0 Å². The molecular weight excluding hydrogens is 797 g/mol. The number of hydrogen-bond acceptors (Lipinski definition) is 4. The molecule has 16 bridgehead atoms. The quantitative estimate of drug-likeness (QED) is 0.168. The van der Waals surface area contributed by atoms with Gasteiger partial charge in [-0.3, -0.25) is 0 Å². The van der Waals surface area contributed by atoms with Crippen LogP contribution in [-0.2, 0) is 26.2 Å². The van der Waals surface area contributed by atoms with Crippen LogP contribution in [0.4, 0.5) is 0 Å². The lowest BCUT2D eigenvalue weighted by molar-refractivity contribution is -0.724. The van der Waals surface area contributed by atoms with Crippen molar-refractivity contribution in [2.24, 2.45) is 0 Å². The largest absolute Gasteiger partial charge is 0.478 e. The molecule has 0 amide bonds. The number of hydrogen-bond donors (Lipinski definition) is 2. The van der Waals surface area contributed by atoms with E-state index in [0.717, 1.165) is 66.6 Å². The predicted octanol–water partition coefficient (Wildman–Crippen LogP) is 9.53. The fourth-order valence-corrected chi connectivity index (χ4v) is 9.10. The number of carbonyl (C=O) groups is 2. The first-order valence-corrected chi connectivity index (χ1v) is 21.2. The van der Waals surface area contributed by atoms with Crippen molar-refractivity contribution in [1.29, 1.82) is 0 Å². The van der Waals surface area contributed by atoms with Crippen molar-refractivity contribution in [1.82, 2.24) is 19.8 Å². The standard InChI is InChI=1S/C54H38N6O4/c61-53(62)51-43-7-5-9-45(51)41-27-19-37(20-28-41)33-59-49-13-3-4-14-50(49)60(56-59)34-38-21-29-42(30-22-38)46-10-6-8-44(52(46)54(63)64)40-25-17-36(18-26-40)32-58-48-12-2-1-11-47(48)57(55-58)31-35-15-23-39(43)24-16-35/h1-30H,31-34H2/p+2. The Bertz CT molecular complexity index is 2990. The zero-order chi connectivity index (χ0) is 43.3. The second-order valence-electron chi connectivity index (χ2n) is 16.2. The number of benzene rings is 8. The van der Waals surface area contributed by atoms with Gasteiger partial charge in [-0.05, 0) is 91.0 Å². The van der Waals surface area contributed by atoms with Gasteiger partial charge in [-0.2, -0.15) is 0 Å². The van der Waals surface area contributed by atoms with E-state index in [9.17, 15) is 19.8 Å². The molecule has 0 saturated carbocycles. The molecule has 0 radical (unpaired) electrons. The fraction of sp³-hybridized carbons (Fsp3) is 0.0741. The number of rotatable bonds is 2. The molecule has 2 N–H and O–H groups in total. The summed E-state index contributed by atoms with van der Waals surface area (Å²) >= 11 is 0. The Balaban J connectivity index is 1.02. The summed E-state index contributed by atoms with van der Waals surface area (Å²) in [5.74, 6) is -1.97. The van der Waals surface area contributed by atoms with Crippen LogP contribution in [0, 0.1) is 0 Å². The molecule has 308 valence electrons. The highest BCUT2D eigenvalue weighted by Gasteiger charge is 2.23. The average molecular weight is 837 g/mol. The molecule has 7 aliphatic rings. The van der Waals surface area contributed by atoms with Crippen molar-refractivity contribution in [2.45, 2.75) is 26.2 Å². The van der Waals surface area contributed by atoms with Crippen molar-refractivity contribution in [2.75, 3.05) is 0 Å². The summed E-state index contributed by atoms with van der Waals surface area (Å²) in [7, 11) is 0. The number of nitrogens with zero attached hydrogens (tertiary/aromatic N) is 6.